The van der Waals surface area contributed by atoms with Gasteiger partial charge in [-0.3, -0.25) is 10.1 Å². The topological polar surface area (TPSA) is 110 Å². The lowest BCUT2D eigenvalue weighted by atomic mass is 10.1. The molecule has 0 fully saturated rings. The first kappa shape index (κ1) is 20.7. The van der Waals surface area contributed by atoms with Crippen molar-refractivity contribution in [2.24, 2.45) is 0 Å². The molecule has 0 aliphatic rings. The fraction of sp³-hybridized carbons (Fsp3) is 0.0870. The fourth-order valence-corrected chi connectivity index (χ4v) is 3.50. The van der Waals surface area contributed by atoms with Crippen LogP contribution in [0.5, 0.6) is 0 Å². The number of nitrogens with zero attached hydrogens (tertiary/aromatic N) is 4. The van der Waals surface area contributed by atoms with E-state index in [-0.39, 0.29) is 22.9 Å². The van der Waals surface area contributed by atoms with Crippen LogP contribution in [0.4, 0.5) is 28.7 Å². The summed E-state index contributed by atoms with van der Waals surface area (Å²) in [5.74, 6) is -0.485. The maximum atomic E-state index is 12.2. The quantitative estimate of drug-likeness (QED) is 0.263. The molecule has 9 nitrogen and oxygen atoms in total. The van der Waals surface area contributed by atoms with Crippen molar-refractivity contribution in [2.45, 2.75) is 0 Å². The lowest BCUT2D eigenvalue weighted by Crippen LogP contribution is -2.18. The molecule has 0 amide bonds. The second-order valence-electron chi connectivity index (χ2n) is 6.87. The third-order valence-electron chi connectivity index (χ3n) is 5.02. The minimum absolute atomic E-state index is 0.0316. The summed E-state index contributed by atoms with van der Waals surface area (Å²) in [5.41, 5.74) is 1.03. The molecule has 32 heavy (non-hydrogen) atoms. The highest BCUT2D eigenvalue weighted by molar-refractivity contribution is 5.98. The molecule has 9 heteroatoms. The Morgan fingerprint density at radius 1 is 1.03 bits per heavy atom. The summed E-state index contributed by atoms with van der Waals surface area (Å²) in [5, 5.41) is 17.0. The highest BCUT2D eigenvalue weighted by Crippen LogP contribution is 2.38. The van der Waals surface area contributed by atoms with E-state index in [9.17, 15) is 14.9 Å². The van der Waals surface area contributed by atoms with Gasteiger partial charge in [0.05, 0.1) is 23.3 Å². The number of aromatic nitrogens is 2. The Kier molecular flexibility index (Phi) is 5.63. The molecule has 0 atom stereocenters. The molecule has 4 aromatic rings. The molecular formula is C23H19N5O4. The molecule has 0 saturated heterocycles. The number of fused-ring (bicyclic) bond motifs is 1. The Morgan fingerprint density at radius 2 is 1.75 bits per heavy atom. The molecule has 1 N–H and O–H groups in total. The van der Waals surface area contributed by atoms with Crippen molar-refractivity contribution in [2.75, 3.05) is 24.4 Å². The molecule has 0 aliphatic heterocycles. The largest absolute Gasteiger partial charge is 0.465 e. The average Bonchev–Trinajstić information content (AvgIpc) is 2.83. The number of para-hydroxylation sites is 1. The van der Waals surface area contributed by atoms with Crippen molar-refractivity contribution >= 4 is 45.4 Å². The number of nitrogens with one attached hydrogen (secondary N) is 1. The van der Waals surface area contributed by atoms with Crippen LogP contribution in [0.15, 0.2) is 73.1 Å². The number of hydrogen-bond acceptors (Lipinski definition) is 8. The second kappa shape index (κ2) is 8.68. The third-order valence-corrected chi connectivity index (χ3v) is 5.02. The van der Waals surface area contributed by atoms with Crippen LogP contribution < -0.4 is 10.2 Å². The lowest BCUT2D eigenvalue weighted by molar-refractivity contribution is -0.383. The maximum Gasteiger partial charge on any atom is 0.354 e. The van der Waals surface area contributed by atoms with Crippen LogP contribution in [0, 0.1) is 10.1 Å². The molecule has 0 spiro atoms. The number of hydrogen-bond donors (Lipinski definition) is 1. The molecule has 0 unspecified atom stereocenters. The number of carbonyl (C=O) groups is 1. The van der Waals surface area contributed by atoms with E-state index in [1.807, 2.05) is 42.5 Å². The molecule has 160 valence electrons. The number of benzene rings is 3. The van der Waals surface area contributed by atoms with Crippen LogP contribution in [0.3, 0.4) is 0 Å². The Balaban J connectivity index is 1.82. The number of rotatable bonds is 6. The van der Waals surface area contributed by atoms with Gasteiger partial charge in [-0.15, -0.1) is 0 Å². The molecule has 4 rings (SSSR count). The summed E-state index contributed by atoms with van der Waals surface area (Å²) in [4.78, 5) is 33.5. The second-order valence-corrected chi connectivity index (χ2v) is 6.87. The molecule has 3 aromatic carbocycles. The molecule has 0 radical (unpaired) electrons. The van der Waals surface area contributed by atoms with Gasteiger partial charge in [-0.25, -0.2) is 14.8 Å². The summed E-state index contributed by atoms with van der Waals surface area (Å²) in [6, 6.07) is 20.0. The lowest BCUT2D eigenvalue weighted by Gasteiger charge is -2.21. The van der Waals surface area contributed by atoms with Gasteiger partial charge >= 0.3 is 11.7 Å². The van der Waals surface area contributed by atoms with Crippen molar-refractivity contribution in [1.82, 2.24) is 9.97 Å². The Bertz CT molecular complexity index is 1320. The first-order chi connectivity index (χ1) is 15.5. The molecule has 0 aliphatic carbocycles. The Morgan fingerprint density at radius 3 is 2.53 bits per heavy atom. The summed E-state index contributed by atoms with van der Waals surface area (Å²) >= 11 is 0. The Labute approximate surface area is 183 Å². The standard InChI is InChI=1S/C23H19N5O4/c1-27(19-13-6-5-11-17(19)23(29)32-2)22-20(28(30)31)21(24-14-25-22)26-18-12-7-9-15-8-3-4-10-16(15)18/h3-14H,1-2H3,(H,24,25,26). The van der Waals surface area contributed by atoms with Crippen molar-refractivity contribution < 1.29 is 14.5 Å². The van der Waals surface area contributed by atoms with E-state index < -0.39 is 10.9 Å². The number of carbonyl (C=O) groups excluding carboxylic acids is 1. The maximum absolute atomic E-state index is 12.2. The molecule has 0 saturated carbocycles. The minimum atomic E-state index is -0.557. The van der Waals surface area contributed by atoms with E-state index in [1.54, 1.807) is 31.3 Å². The van der Waals surface area contributed by atoms with Gasteiger partial charge in [-0.05, 0) is 23.6 Å². The van der Waals surface area contributed by atoms with E-state index in [1.165, 1.54) is 18.3 Å². The van der Waals surface area contributed by atoms with Gasteiger partial charge in [-0.2, -0.15) is 0 Å². The van der Waals surface area contributed by atoms with Crippen molar-refractivity contribution in [3.63, 3.8) is 0 Å². The SMILES string of the molecule is COC(=O)c1ccccc1N(C)c1ncnc(Nc2cccc3ccccc23)c1[N+](=O)[O-]. The van der Waals surface area contributed by atoms with E-state index in [2.05, 4.69) is 15.3 Å². The van der Waals surface area contributed by atoms with Gasteiger partial charge in [0.2, 0.25) is 11.6 Å². The predicted octanol–water partition coefficient (Wildman–Crippen LogP) is 4.84. The summed E-state index contributed by atoms with van der Waals surface area (Å²) < 4.78 is 4.84. The van der Waals surface area contributed by atoms with Crippen LogP contribution in [0.2, 0.25) is 0 Å². The first-order valence-electron chi connectivity index (χ1n) is 9.66. The van der Waals surface area contributed by atoms with Crippen LogP contribution in [0.1, 0.15) is 10.4 Å². The number of ether oxygens (including phenoxy) is 1. The predicted molar refractivity (Wildman–Crippen MR) is 122 cm³/mol. The zero-order valence-electron chi connectivity index (χ0n) is 17.4. The number of methoxy groups -OCH3 is 1. The van der Waals surface area contributed by atoms with Crippen LogP contribution in [-0.4, -0.2) is 35.0 Å². The zero-order chi connectivity index (χ0) is 22.7. The summed E-state index contributed by atoms with van der Waals surface area (Å²) in [6.45, 7) is 0. The average molecular weight is 429 g/mol. The van der Waals surface area contributed by atoms with Crippen molar-refractivity contribution in [1.29, 1.82) is 0 Å². The Hall–Kier alpha value is -4.53. The van der Waals surface area contributed by atoms with Gasteiger partial charge in [0.25, 0.3) is 0 Å². The van der Waals surface area contributed by atoms with Crippen molar-refractivity contribution in [3.8, 4) is 0 Å². The van der Waals surface area contributed by atoms with E-state index >= 15 is 0 Å². The molecule has 0 bridgehead atoms. The zero-order valence-corrected chi connectivity index (χ0v) is 17.4. The van der Waals surface area contributed by atoms with Crippen molar-refractivity contribution in [3.05, 3.63) is 88.7 Å². The van der Waals surface area contributed by atoms with Gasteiger partial charge < -0.3 is 15.0 Å². The highest BCUT2D eigenvalue weighted by atomic mass is 16.6. The molecule has 1 heterocycles. The number of esters is 1. The van der Waals surface area contributed by atoms with Gasteiger partial charge in [0.15, 0.2) is 0 Å². The number of nitro groups is 1. The smallest absolute Gasteiger partial charge is 0.354 e. The third kappa shape index (κ3) is 3.79. The fourth-order valence-electron chi connectivity index (χ4n) is 3.50. The van der Waals surface area contributed by atoms with E-state index in [4.69, 9.17) is 4.74 Å². The van der Waals surface area contributed by atoms with Gasteiger partial charge in [0.1, 0.15) is 6.33 Å². The highest BCUT2D eigenvalue weighted by Gasteiger charge is 2.28. The van der Waals surface area contributed by atoms with Gasteiger partial charge in [0, 0.05) is 18.1 Å². The molecule has 1 aromatic heterocycles. The van der Waals surface area contributed by atoms with Crippen LogP contribution >= 0.6 is 0 Å². The van der Waals surface area contributed by atoms with Crippen LogP contribution in [-0.2, 0) is 4.74 Å². The normalized spacial score (nSPS) is 10.6. The van der Waals surface area contributed by atoms with Crippen LogP contribution in [0.25, 0.3) is 10.8 Å². The summed E-state index contributed by atoms with van der Waals surface area (Å²) in [7, 11) is 2.87. The monoisotopic (exact) mass is 429 g/mol. The van der Waals surface area contributed by atoms with E-state index in [0.717, 1.165) is 10.8 Å². The minimum Gasteiger partial charge on any atom is -0.465 e. The first-order valence-corrected chi connectivity index (χ1v) is 9.66. The number of anilines is 4. The molecular weight excluding hydrogens is 410 g/mol. The van der Waals surface area contributed by atoms with Gasteiger partial charge in [-0.1, -0.05) is 48.5 Å². The summed E-state index contributed by atoms with van der Waals surface area (Å²) in [6.07, 6.45) is 1.24. The van der Waals surface area contributed by atoms with E-state index in [0.29, 0.717) is 11.4 Å².